The number of nitro benzene ring substituents is 1. The standard InChI is InChI=1S/C21H16N2O6S2/c24-16(14-4-2-1-3-5-14)12-30-21-19(22-17(25)10-18(22)31-21)20(26)29-11-13-6-8-15(9-7-13)23(27)28/h1-9,18H,10-12H2/t18-/m0/s1. The van der Waals surface area contributed by atoms with Gasteiger partial charge in [-0.05, 0) is 17.7 Å². The van der Waals surface area contributed by atoms with E-state index in [2.05, 4.69) is 0 Å². The van der Waals surface area contributed by atoms with Crippen molar-refractivity contribution in [2.75, 3.05) is 5.75 Å². The van der Waals surface area contributed by atoms with E-state index in [1.807, 2.05) is 6.07 Å². The van der Waals surface area contributed by atoms with Crippen LogP contribution in [0.3, 0.4) is 0 Å². The Kier molecular flexibility index (Phi) is 6.10. The van der Waals surface area contributed by atoms with Gasteiger partial charge in [0.05, 0.1) is 26.7 Å². The number of amides is 1. The van der Waals surface area contributed by atoms with E-state index in [1.165, 1.54) is 52.7 Å². The Labute approximate surface area is 185 Å². The molecule has 0 saturated carbocycles. The number of hydrogen-bond acceptors (Lipinski definition) is 8. The van der Waals surface area contributed by atoms with Gasteiger partial charge < -0.3 is 4.74 Å². The number of esters is 1. The van der Waals surface area contributed by atoms with Gasteiger partial charge in [0.25, 0.3) is 5.69 Å². The van der Waals surface area contributed by atoms with Crippen LogP contribution < -0.4 is 0 Å². The molecular weight excluding hydrogens is 440 g/mol. The molecule has 10 heteroatoms. The van der Waals surface area contributed by atoms with Crippen LogP contribution >= 0.6 is 23.5 Å². The van der Waals surface area contributed by atoms with Crippen LogP contribution in [-0.4, -0.2) is 38.6 Å². The second kappa shape index (κ2) is 8.94. The second-order valence-corrected chi connectivity index (χ2v) is 9.19. The summed E-state index contributed by atoms with van der Waals surface area (Å²) in [6, 6.07) is 14.5. The predicted octanol–water partition coefficient (Wildman–Crippen LogP) is 3.73. The summed E-state index contributed by atoms with van der Waals surface area (Å²) < 4.78 is 5.95. The summed E-state index contributed by atoms with van der Waals surface area (Å²) >= 11 is 2.61. The summed E-state index contributed by atoms with van der Waals surface area (Å²) in [6.45, 7) is -0.0847. The van der Waals surface area contributed by atoms with Crippen LogP contribution in [0.4, 0.5) is 5.69 Å². The zero-order valence-electron chi connectivity index (χ0n) is 16.1. The fraction of sp³-hybridized carbons (Fsp3) is 0.190. The Morgan fingerprint density at radius 1 is 1.16 bits per heavy atom. The number of ether oxygens (including phenoxy) is 1. The fourth-order valence-electron chi connectivity index (χ4n) is 3.08. The molecule has 0 spiro atoms. The van der Waals surface area contributed by atoms with Gasteiger partial charge in [-0.1, -0.05) is 42.1 Å². The average Bonchev–Trinajstić information content (AvgIpc) is 3.08. The average molecular weight is 457 g/mol. The lowest BCUT2D eigenvalue weighted by Gasteiger charge is -2.34. The van der Waals surface area contributed by atoms with Crippen LogP contribution in [0.5, 0.6) is 0 Å². The molecule has 1 saturated heterocycles. The van der Waals surface area contributed by atoms with E-state index < -0.39 is 10.9 Å². The largest absolute Gasteiger partial charge is 0.456 e. The number of thioether (sulfide) groups is 2. The molecule has 8 nitrogen and oxygen atoms in total. The van der Waals surface area contributed by atoms with Gasteiger partial charge in [0.1, 0.15) is 6.61 Å². The van der Waals surface area contributed by atoms with E-state index in [0.29, 0.717) is 21.8 Å². The Bertz CT molecular complexity index is 1080. The number of fused-ring (bicyclic) bond motifs is 1. The van der Waals surface area contributed by atoms with Crippen molar-refractivity contribution in [2.24, 2.45) is 0 Å². The van der Waals surface area contributed by atoms with Crippen LogP contribution in [0.15, 0.2) is 64.5 Å². The van der Waals surface area contributed by atoms with Crippen molar-refractivity contribution in [1.29, 1.82) is 0 Å². The van der Waals surface area contributed by atoms with Crippen LogP contribution in [-0.2, 0) is 20.9 Å². The van der Waals surface area contributed by atoms with Crippen LogP contribution in [0.1, 0.15) is 22.3 Å². The molecular formula is C21H16N2O6S2. The molecule has 2 aliphatic rings. The van der Waals surface area contributed by atoms with E-state index in [1.54, 1.807) is 24.3 Å². The molecule has 2 heterocycles. The number of rotatable bonds is 8. The maximum absolute atomic E-state index is 12.8. The number of Topliss-reactive ketones (excluding diaryl/α,β-unsaturated/α-hetero) is 1. The molecule has 0 bridgehead atoms. The minimum absolute atomic E-state index is 0.0548. The molecule has 2 aromatic rings. The van der Waals surface area contributed by atoms with Crippen molar-refractivity contribution in [3.05, 3.63) is 85.8 Å². The van der Waals surface area contributed by atoms with Crippen LogP contribution in [0.2, 0.25) is 0 Å². The summed E-state index contributed by atoms with van der Waals surface area (Å²) in [6.07, 6.45) is 0.334. The van der Waals surface area contributed by atoms with Gasteiger partial charge in [-0.3, -0.25) is 24.6 Å². The fourth-order valence-corrected chi connectivity index (χ4v) is 5.71. The first-order chi connectivity index (χ1) is 14.9. The van der Waals surface area contributed by atoms with Gasteiger partial charge in [-0.15, -0.1) is 11.8 Å². The van der Waals surface area contributed by atoms with Gasteiger partial charge in [0.15, 0.2) is 11.5 Å². The van der Waals surface area contributed by atoms with Crippen molar-refractivity contribution in [3.63, 3.8) is 0 Å². The van der Waals surface area contributed by atoms with E-state index >= 15 is 0 Å². The molecule has 1 atom stereocenters. The third kappa shape index (κ3) is 4.49. The third-order valence-electron chi connectivity index (χ3n) is 4.72. The first kappa shape index (κ1) is 21.1. The Hall–Kier alpha value is -3.11. The van der Waals surface area contributed by atoms with E-state index in [4.69, 9.17) is 4.74 Å². The van der Waals surface area contributed by atoms with E-state index in [9.17, 15) is 24.5 Å². The number of nitro groups is 1. The number of β-lactam (4-membered cyclic amide) rings is 1. The highest BCUT2D eigenvalue weighted by atomic mass is 32.2. The molecule has 1 fully saturated rings. The first-order valence-electron chi connectivity index (χ1n) is 9.28. The molecule has 2 aliphatic heterocycles. The minimum atomic E-state index is -0.656. The number of carbonyl (C=O) groups excluding carboxylic acids is 3. The second-order valence-electron chi connectivity index (χ2n) is 6.75. The molecule has 2 aromatic carbocycles. The van der Waals surface area contributed by atoms with Gasteiger partial charge in [0, 0.05) is 17.7 Å². The number of benzene rings is 2. The molecule has 0 radical (unpaired) electrons. The summed E-state index contributed by atoms with van der Waals surface area (Å²) in [5.41, 5.74) is 1.28. The SMILES string of the molecule is O=C(OCc1ccc([N+](=O)[O-])cc1)C1=C(SCC(=O)c2ccccc2)S[C@H]2CC(=O)N12. The zero-order chi connectivity index (χ0) is 22.0. The number of carbonyl (C=O) groups is 3. The highest BCUT2D eigenvalue weighted by Gasteiger charge is 2.49. The predicted molar refractivity (Wildman–Crippen MR) is 116 cm³/mol. The topological polar surface area (TPSA) is 107 Å². The monoisotopic (exact) mass is 456 g/mol. The van der Waals surface area contributed by atoms with Gasteiger partial charge in [0.2, 0.25) is 5.91 Å². The smallest absolute Gasteiger partial charge is 0.357 e. The van der Waals surface area contributed by atoms with Crippen molar-refractivity contribution < 1.29 is 24.0 Å². The number of nitrogens with zero attached hydrogens (tertiary/aromatic N) is 2. The number of ketones is 1. The number of non-ortho nitro benzene ring substituents is 1. The number of hydrogen-bond donors (Lipinski definition) is 0. The highest BCUT2D eigenvalue weighted by molar-refractivity contribution is 8.23. The first-order valence-corrected chi connectivity index (χ1v) is 11.1. The maximum Gasteiger partial charge on any atom is 0.357 e. The highest BCUT2D eigenvalue weighted by Crippen LogP contribution is 2.50. The lowest BCUT2D eigenvalue weighted by atomic mass is 10.2. The summed E-state index contributed by atoms with van der Waals surface area (Å²) in [5, 5.41) is 10.6. The third-order valence-corrected chi connectivity index (χ3v) is 7.29. The Balaban J connectivity index is 1.44. The molecule has 158 valence electrons. The van der Waals surface area contributed by atoms with Crippen LogP contribution in [0.25, 0.3) is 0 Å². The van der Waals surface area contributed by atoms with Crippen LogP contribution in [0, 0.1) is 10.1 Å². The maximum atomic E-state index is 12.8. The summed E-state index contributed by atoms with van der Waals surface area (Å²) in [5.74, 6) is -0.751. The Morgan fingerprint density at radius 3 is 2.52 bits per heavy atom. The molecule has 0 unspecified atom stereocenters. The molecule has 0 aliphatic carbocycles. The van der Waals surface area contributed by atoms with Gasteiger partial charge in [-0.25, -0.2) is 4.79 Å². The lowest BCUT2D eigenvalue weighted by Crippen LogP contribution is -2.48. The molecule has 1 amide bonds. The van der Waals surface area contributed by atoms with Gasteiger partial charge >= 0.3 is 5.97 Å². The summed E-state index contributed by atoms with van der Waals surface area (Å²) in [7, 11) is 0. The molecule has 4 rings (SSSR count). The van der Waals surface area contributed by atoms with E-state index in [0.717, 1.165) is 0 Å². The van der Waals surface area contributed by atoms with Crippen molar-refractivity contribution in [2.45, 2.75) is 18.4 Å². The molecule has 31 heavy (non-hydrogen) atoms. The quantitative estimate of drug-likeness (QED) is 0.194. The van der Waals surface area contributed by atoms with Crippen molar-refractivity contribution in [1.82, 2.24) is 4.90 Å². The van der Waals surface area contributed by atoms with Crippen molar-refractivity contribution >= 4 is 46.9 Å². The summed E-state index contributed by atoms with van der Waals surface area (Å²) in [4.78, 5) is 48.9. The Morgan fingerprint density at radius 2 is 1.87 bits per heavy atom. The van der Waals surface area contributed by atoms with Crippen molar-refractivity contribution in [3.8, 4) is 0 Å². The zero-order valence-corrected chi connectivity index (χ0v) is 17.7. The normalized spacial score (nSPS) is 17.2. The molecule has 0 N–H and O–H groups in total. The van der Waals surface area contributed by atoms with E-state index in [-0.39, 0.29) is 40.8 Å². The van der Waals surface area contributed by atoms with Gasteiger partial charge in [-0.2, -0.15) is 0 Å². The minimum Gasteiger partial charge on any atom is -0.456 e. The lowest BCUT2D eigenvalue weighted by molar-refractivity contribution is -0.384. The molecule has 0 aromatic heterocycles.